The van der Waals surface area contributed by atoms with Gasteiger partial charge in [-0.2, -0.15) is 13.2 Å². The molecule has 1 aliphatic heterocycles. The van der Waals surface area contributed by atoms with Crippen molar-refractivity contribution in [2.24, 2.45) is 11.3 Å². The Morgan fingerprint density at radius 2 is 1.58 bits per heavy atom. The molecule has 1 aliphatic rings. The molecule has 0 bridgehead atoms. The first kappa shape index (κ1) is 33.3. The van der Waals surface area contributed by atoms with Crippen LogP contribution in [0.15, 0.2) is 24.3 Å². The van der Waals surface area contributed by atoms with Gasteiger partial charge < -0.3 is 20.2 Å². The van der Waals surface area contributed by atoms with Crippen molar-refractivity contribution < 1.29 is 27.6 Å². The minimum atomic E-state index is -4.00. The van der Waals surface area contributed by atoms with Gasteiger partial charge in [0.15, 0.2) is 0 Å². The summed E-state index contributed by atoms with van der Waals surface area (Å²) in [5, 5.41) is 0. The third-order valence-electron chi connectivity index (χ3n) is 4.96. The molecule has 5 nitrogen and oxygen atoms in total. The van der Waals surface area contributed by atoms with Crippen LogP contribution in [-0.4, -0.2) is 36.6 Å². The molecular weight excluding hydrogens is 409 g/mol. The molecule has 0 radical (unpaired) electrons. The SMILES string of the molecule is C=O.C=O.CC.CC(F)(F)F.CC1C[C@](C)(C(C)C)CC(=O)N1Cc1ccccc1N. The topological polar surface area (TPSA) is 80.5 Å². The molecule has 0 aromatic heterocycles. The summed E-state index contributed by atoms with van der Waals surface area (Å²) in [7, 11) is 0. The van der Waals surface area contributed by atoms with Gasteiger partial charge >= 0.3 is 6.18 Å². The maximum atomic E-state index is 12.5. The van der Waals surface area contributed by atoms with Crippen LogP contribution in [0.1, 0.15) is 66.9 Å². The van der Waals surface area contributed by atoms with E-state index in [0.717, 1.165) is 17.7 Å². The summed E-state index contributed by atoms with van der Waals surface area (Å²) in [5.41, 5.74) is 7.92. The number of carbonyl (C=O) groups excluding carboxylic acids is 3. The Kier molecular flexibility index (Phi) is 17.5. The fourth-order valence-corrected chi connectivity index (χ4v) is 3.10. The number of nitrogens with zero attached hydrogens (tertiary/aromatic N) is 1. The summed E-state index contributed by atoms with van der Waals surface area (Å²) < 4.78 is 31.1. The number of para-hydroxylation sites is 1. The second-order valence-electron chi connectivity index (χ2n) is 7.54. The maximum absolute atomic E-state index is 12.5. The Hall–Kier alpha value is -2.38. The minimum Gasteiger partial charge on any atom is -0.398 e. The van der Waals surface area contributed by atoms with Gasteiger partial charge in [-0.1, -0.05) is 52.8 Å². The molecule has 1 unspecified atom stereocenters. The summed E-state index contributed by atoms with van der Waals surface area (Å²) >= 11 is 0. The Labute approximate surface area is 185 Å². The third-order valence-corrected chi connectivity index (χ3v) is 4.96. The minimum absolute atomic E-state index is 0.120. The fourth-order valence-electron chi connectivity index (χ4n) is 3.10. The molecule has 0 spiro atoms. The predicted octanol–water partition coefficient (Wildman–Crippen LogP) is 5.67. The van der Waals surface area contributed by atoms with Crippen molar-refractivity contribution >= 4 is 25.2 Å². The molecule has 2 atom stereocenters. The van der Waals surface area contributed by atoms with Crippen molar-refractivity contribution in [2.45, 2.75) is 80.1 Å². The number of nitrogen functional groups attached to an aromatic ring is 1. The maximum Gasteiger partial charge on any atom is 0.386 e. The summed E-state index contributed by atoms with van der Waals surface area (Å²) in [6, 6.07) is 8.07. The van der Waals surface area contributed by atoms with Crippen LogP contribution >= 0.6 is 0 Å². The van der Waals surface area contributed by atoms with E-state index in [4.69, 9.17) is 15.3 Å². The van der Waals surface area contributed by atoms with Gasteiger partial charge in [-0.05, 0) is 36.3 Å². The summed E-state index contributed by atoms with van der Waals surface area (Å²) in [6.45, 7) is 17.6. The van der Waals surface area contributed by atoms with Crippen molar-refractivity contribution in [3.05, 3.63) is 29.8 Å². The van der Waals surface area contributed by atoms with Crippen LogP contribution in [0.4, 0.5) is 18.9 Å². The number of anilines is 1. The number of amides is 1. The largest absolute Gasteiger partial charge is 0.398 e. The number of carbonyl (C=O) groups is 3. The van der Waals surface area contributed by atoms with Crippen LogP contribution in [0.5, 0.6) is 0 Å². The Bertz CT molecular complexity index is 616. The van der Waals surface area contributed by atoms with Gasteiger partial charge in [-0.3, -0.25) is 4.79 Å². The molecule has 2 rings (SSSR count). The monoisotopic (exact) mass is 448 g/mol. The number of piperidine rings is 1. The van der Waals surface area contributed by atoms with E-state index >= 15 is 0 Å². The lowest BCUT2D eigenvalue weighted by atomic mass is 9.69. The molecule has 1 aromatic rings. The summed E-state index contributed by atoms with van der Waals surface area (Å²) in [6.07, 6.45) is -2.30. The molecule has 31 heavy (non-hydrogen) atoms. The number of hydrogen-bond acceptors (Lipinski definition) is 4. The molecule has 1 amide bonds. The van der Waals surface area contributed by atoms with Crippen LogP contribution in [0.25, 0.3) is 0 Å². The van der Waals surface area contributed by atoms with Gasteiger partial charge in [0.25, 0.3) is 0 Å². The second-order valence-corrected chi connectivity index (χ2v) is 7.54. The molecule has 1 saturated heterocycles. The first-order valence-electron chi connectivity index (χ1n) is 10.1. The second kappa shape index (κ2) is 16.3. The first-order valence-corrected chi connectivity index (χ1v) is 10.1. The quantitative estimate of drug-likeness (QED) is 0.605. The van der Waals surface area contributed by atoms with Gasteiger partial charge in [0.05, 0.1) is 0 Å². The average Bonchev–Trinajstić information content (AvgIpc) is 2.69. The van der Waals surface area contributed by atoms with E-state index in [1.807, 2.05) is 56.6 Å². The predicted molar refractivity (Wildman–Crippen MR) is 120 cm³/mol. The number of likely N-dealkylation sites (tertiary alicyclic amines) is 1. The number of halogens is 3. The molecule has 8 heteroatoms. The van der Waals surface area contributed by atoms with Gasteiger partial charge in [-0.25, -0.2) is 0 Å². The van der Waals surface area contributed by atoms with Crippen LogP contribution in [0.2, 0.25) is 0 Å². The zero-order chi connectivity index (χ0) is 25.4. The highest BCUT2D eigenvalue weighted by atomic mass is 19.4. The number of nitrogens with two attached hydrogens (primary N) is 1. The normalized spacial score (nSPS) is 19.9. The van der Waals surface area contributed by atoms with Crippen molar-refractivity contribution in [2.75, 3.05) is 5.73 Å². The van der Waals surface area contributed by atoms with Crippen molar-refractivity contribution in [1.29, 1.82) is 0 Å². The van der Waals surface area contributed by atoms with Crippen molar-refractivity contribution in [1.82, 2.24) is 4.90 Å². The van der Waals surface area contributed by atoms with Crippen LogP contribution in [0, 0.1) is 11.3 Å². The molecule has 0 saturated carbocycles. The van der Waals surface area contributed by atoms with E-state index in [1.54, 1.807) is 0 Å². The molecular formula is C23H39F3N2O3. The van der Waals surface area contributed by atoms with Gasteiger partial charge in [0.1, 0.15) is 13.6 Å². The zero-order valence-electron chi connectivity index (χ0n) is 19.9. The highest BCUT2D eigenvalue weighted by Gasteiger charge is 2.41. The lowest BCUT2D eigenvalue weighted by Gasteiger charge is -2.45. The average molecular weight is 449 g/mol. The van der Waals surface area contributed by atoms with E-state index in [2.05, 4.69) is 27.7 Å². The molecule has 1 heterocycles. The standard InChI is InChI=1S/C17H26N2O.C2H3F3.C2H6.2CH2O/c1-12(2)17(4)9-13(3)19(16(20)10-17)11-14-7-5-6-8-15(14)18;1-2(3,4)5;3*1-2/h5-8,12-13H,9-11,18H2,1-4H3;1H3;1-2H3;2*1H2/t13?,17-;;;;/m0..../s1. The van der Waals surface area contributed by atoms with Crippen molar-refractivity contribution in [3.63, 3.8) is 0 Å². The van der Waals surface area contributed by atoms with E-state index in [0.29, 0.717) is 18.9 Å². The summed E-state index contributed by atoms with van der Waals surface area (Å²) in [5.74, 6) is 0.779. The highest BCUT2D eigenvalue weighted by molar-refractivity contribution is 5.78. The third kappa shape index (κ3) is 13.5. The van der Waals surface area contributed by atoms with Crippen LogP contribution < -0.4 is 5.73 Å². The number of alkyl halides is 3. The smallest absolute Gasteiger partial charge is 0.386 e. The fraction of sp³-hybridized carbons (Fsp3) is 0.609. The van der Waals surface area contributed by atoms with Crippen LogP contribution in [0.3, 0.4) is 0 Å². The molecule has 2 N–H and O–H groups in total. The van der Waals surface area contributed by atoms with Gasteiger partial charge in [0, 0.05) is 31.6 Å². The number of hydrogen-bond donors (Lipinski definition) is 1. The molecule has 1 aromatic carbocycles. The van der Waals surface area contributed by atoms with E-state index < -0.39 is 6.18 Å². The lowest BCUT2D eigenvalue weighted by Crippen LogP contribution is -2.49. The number of rotatable bonds is 3. The highest BCUT2D eigenvalue weighted by Crippen LogP contribution is 2.41. The van der Waals surface area contributed by atoms with Crippen LogP contribution in [-0.2, 0) is 20.9 Å². The molecule has 1 fully saturated rings. The van der Waals surface area contributed by atoms with Gasteiger partial charge in [-0.15, -0.1) is 0 Å². The Morgan fingerprint density at radius 1 is 1.16 bits per heavy atom. The van der Waals surface area contributed by atoms with E-state index in [1.165, 1.54) is 0 Å². The molecule has 180 valence electrons. The lowest BCUT2D eigenvalue weighted by molar-refractivity contribution is -0.143. The first-order chi connectivity index (χ1) is 14.3. The number of benzene rings is 1. The van der Waals surface area contributed by atoms with E-state index in [-0.39, 0.29) is 24.3 Å². The van der Waals surface area contributed by atoms with Crippen molar-refractivity contribution in [3.8, 4) is 0 Å². The van der Waals surface area contributed by atoms with E-state index in [9.17, 15) is 18.0 Å². The summed E-state index contributed by atoms with van der Waals surface area (Å²) in [4.78, 5) is 30.5. The molecule has 0 aliphatic carbocycles. The zero-order valence-corrected chi connectivity index (χ0v) is 19.9. The van der Waals surface area contributed by atoms with Gasteiger partial charge in [0.2, 0.25) is 5.91 Å². The Balaban J connectivity index is -0.000000607. The Morgan fingerprint density at radius 3 is 1.94 bits per heavy atom.